The summed E-state index contributed by atoms with van der Waals surface area (Å²) < 4.78 is 5.28. The number of nitrogens with two attached hydrogens (primary N) is 1. The van der Waals surface area contributed by atoms with Crippen LogP contribution < -0.4 is 15.8 Å². The molecule has 1 aliphatic heterocycles. The van der Waals surface area contributed by atoms with Gasteiger partial charge in [0.2, 0.25) is 5.91 Å². The predicted octanol–water partition coefficient (Wildman–Crippen LogP) is 3.17. The van der Waals surface area contributed by atoms with Gasteiger partial charge in [0.15, 0.2) is 0 Å². The first-order valence-electron chi connectivity index (χ1n) is 9.13. The maximum atomic E-state index is 12.4. The average Bonchev–Trinajstić information content (AvgIpc) is 2.65. The molecule has 138 valence electrons. The van der Waals surface area contributed by atoms with Crippen molar-refractivity contribution in [2.24, 2.45) is 5.92 Å². The number of nitrogen functional groups attached to an aromatic ring is 1. The van der Waals surface area contributed by atoms with Gasteiger partial charge in [-0.05, 0) is 56.0 Å². The fourth-order valence-electron chi connectivity index (χ4n) is 3.50. The van der Waals surface area contributed by atoms with E-state index in [-0.39, 0.29) is 5.91 Å². The standard InChI is InChI=1S/C21H27N3O2/c1-26-20-14-18(22)7-8-19(20)23-21(25)15-24-11-9-17(10-12-24)13-16-5-3-2-4-6-16/h2-8,14,17H,9-13,15,22H2,1H3,(H,23,25). The molecular weight excluding hydrogens is 326 g/mol. The summed E-state index contributed by atoms with van der Waals surface area (Å²) in [5, 5.41) is 2.93. The van der Waals surface area contributed by atoms with Crippen LogP contribution >= 0.6 is 0 Å². The Morgan fingerprint density at radius 3 is 2.62 bits per heavy atom. The zero-order chi connectivity index (χ0) is 18.4. The normalized spacial score (nSPS) is 15.6. The topological polar surface area (TPSA) is 67.6 Å². The van der Waals surface area contributed by atoms with Crippen LogP contribution in [0, 0.1) is 5.92 Å². The molecule has 1 aliphatic rings. The predicted molar refractivity (Wildman–Crippen MR) is 105 cm³/mol. The van der Waals surface area contributed by atoms with E-state index in [0.717, 1.165) is 32.4 Å². The summed E-state index contributed by atoms with van der Waals surface area (Å²) in [4.78, 5) is 14.6. The number of anilines is 2. The van der Waals surface area contributed by atoms with Crippen LogP contribution in [0.2, 0.25) is 0 Å². The first-order valence-corrected chi connectivity index (χ1v) is 9.13. The van der Waals surface area contributed by atoms with E-state index in [2.05, 4.69) is 40.5 Å². The fraction of sp³-hybridized carbons (Fsp3) is 0.381. The van der Waals surface area contributed by atoms with Crippen molar-refractivity contribution in [1.29, 1.82) is 0 Å². The lowest BCUT2D eigenvalue weighted by molar-refractivity contribution is -0.117. The van der Waals surface area contributed by atoms with Gasteiger partial charge in [-0.3, -0.25) is 9.69 Å². The lowest BCUT2D eigenvalue weighted by Gasteiger charge is -2.31. The van der Waals surface area contributed by atoms with Crippen LogP contribution in [0.4, 0.5) is 11.4 Å². The number of piperidine rings is 1. The Morgan fingerprint density at radius 1 is 1.19 bits per heavy atom. The molecule has 1 fully saturated rings. The Morgan fingerprint density at radius 2 is 1.92 bits per heavy atom. The molecule has 0 bridgehead atoms. The van der Waals surface area contributed by atoms with Crippen molar-refractivity contribution < 1.29 is 9.53 Å². The second-order valence-corrected chi connectivity index (χ2v) is 6.92. The van der Waals surface area contributed by atoms with E-state index in [1.165, 1.54) is 5.56 Å². The molecule has 0 unspecified atom stereocenters. The van der Waals surface area contributed by atoms with Crippen LogP contribution in [0.3, 0.4) is 0 Å². The van der Waals surface area contributed by atoms with Crippen molar-refractivity contribution in [3.63, 3.8) is 0 Å². The SMILES string of the molecule is COc1cc(N)ccc1NC(=O)CN1CCC(Cc2ccccc2)CC1. The van der Waals surface area contributed by atoms with Gasteiger partial charge in [0, 0.05) is 11.8 Å². The molecular formula is C21H27N3O2. The number of likely N-dealkylation sites (tertiary alicyclic amines) is 1. The van der Waals surface area contributed by atoms with Gasteiger partial charge < -0.3 is 15.8 Å². The Balaban J connectivity index is 1.46. The highest BCUT2D eigenvalue weighted by Gasteiger charge is 2.21. The third-order valence-corrected chi connectivity index (χ3v) is 4.94. The van der Waals surface area contributed by atoms with Gasteiger partial charge >= 0.3 is 0 Å². The number of rotatable bonds is 6. The Hall–Kier alpha value is -2.53. The van der Waals surface area contributed by atoms with E-state index < -0.39 is 0 Å². The van der Waals surface area contributed by atoms with Crippen LogP contribution in [0.1, 0.15) is 18.4 Å². The molecule has 1 amide bonds. The smallest absolute Gasteiger partial charge is 0.238 e. The molecule has 5 nitrogen and oxygen atoms in total. The Kier molecular flexibility index (Phi) is 6.12. The Labute approximate surface area is 155 Å². The summed E-state index contributed by atoms with van der Waals surface area (Å²) >= 11 is 0. The maximum absolute atomic E-state index is 12.4. The zero-order valence-corrected chi connectivity index (χ0v) is 15.3. The van der Waals surface area contributed by atoms with Crippen molar-refractivity contribution in [2.45, 2.75) is 19.3 Å². The van der Waals surface area contributed by atoms with Crippen LogP contribution in [-0.2, 0) is 11.2 Å². The van der Waals surface area contributed by atoms with Crippen molar-refractivity contribution >= 4 is 17.3 Å². The molecule has 1 heterocycles. The molecule has 0 aliphatic carbocycles. The van der Waals surface area contributed by atoms with Crippen LogP contribution in [0.15, 0.2) is 48.5 Å². The molecule has 2 aromatic carbocycles. The maximum Gasteiger partial charge on any atom is 0.238 e. The molecule has 0 aromatic heterocycles. The number of nitrogens with one attached hydrogen (secondary N) is 1. The minimum absolute atomic E-state index is 0.0189. The Bertz CT molecular complexity index is 725. The highest BCUT2D eigenvalue weighted by Crippen LogP contribution is 2.27. The van der Waals surface area contributed by atoms with Gasteiger partial charge in [0.05, 0.1) is 19.3 Å². The summed E-state index contributed by atoms with van der Waals surface area (Å²) in [6, 6.07) is 15.9. The molecule has 0 spiro atoms. The van der Waals surface area contributed by atoms with Gasteiger partial charge in [-0.15, -0.1) is 0 Å². The number of ether oxygens (including phenoxy) is 1. The molecule has 2 aromatic rings. The number of hydrogen-bond donors (Lipinski definition) is 2. The van der Waals surface area contributed by atoms with Gasteiger partial charge in [-0.1, -0.05) is 30.3 Å². The van der Waals surface area contributed by atoms with Crippen LogP contribution in [0.25, 0.3) is 0 Å². The second-order valence-electron chi connectivity index (χ2n) is 6.92. The molecule has 3 rings (SSSR count). The second kappa shape index (κ2) is 8.72. The van der Waals surface area contributed by atoms with E-state index in [1.807, 2.05) is 0 Å². The zero-order valence-electron chi connectivity index (χ0n) is 15.3. The van der Waals surface area contributed by atoms with Gasteiger partial charge in [-0.2, -0.15) is 0 Å². The summed E-state index contributed by atoms with van der Waals surface area (Å²) in [6.45, 7) is 2.33. The molecule has 3 N–H and O–H groups in total. The van der Waals surface area contributed by atoms with Crippen molar-refractivity contribution in [1.82, 2.24) is 4.90 Å². The summed E-state index contributed by atoms with van der Waals surface area (Å²) in [7, 11) is 1.57. The first kappa shape index (κ1) is 18.3. The monoisotopic (exact) mass is 353 g/mol. The fourth-order valence-corrected chi connectivity index (χ4v) is 3.50. The van der Waals surface area contributed by atoms with Crippen LogP contribution in [0.5, 0.6) is 5.75 Å². The van der Waals surface area contributed by atoms with Gasteiger partial charge in [-0.25, -0.2) is 0 Å². The lowest BCUT2D eigenvalue weighted by Crippen LogP contribution is -2.39. The number of nitrogens with zero attached hydrogens (tertiary/aromatic N) is 1. The molecule has 0 saturated carbocycles. The van der Waals surface area contributed by atoms with Gasteiger partial charge in [0.1, 0.15) is 5.75 Å². The number of amides is 1. The van der Waals surface area contributed by atoms with Crippen molar-refractivity contribution in [3.8, 4) is 5.75 Å². The highest BCUT2D eigenvalue weighted by atomic mass is 16.5. The number of hydrogen-bond acceptors (Lipinski definition) is 4. The lowest BCUT2D eigenvalue weighted by atomic mass is 9.90. The van der Waals surface area contributed by atoms with Crippen LogP contribution in [-0.4, -0.2) is 37.6 Å². The number of benzene rings is 2. The molecule has 0 radical (unpaired) electrons. The number of carbonyl (C=O) groups excluding carboxylic acids is 1. The third kappa shape index (κ3) is 4.99. The van der Waals surface area contributed by atoms with Gasteiger partial charge in [0.25, 0.3) is 0 Å². The van der Waals surface area contributed by atoms with E-state index in [9.17, 15) is 4.79 Å². The minimum Gasteiger partial charge on any atom is -0.494 e. The van der Waals surface area contributed by atoms with Crippen molar-refractivity contribution in [2.75, 3.05) is 37.8 Å². The first-order chi connectivity index (χ1) is 12.6. The molecule has 1 saturated heterocycles. The molecule has 26 heavy (non-hydrogen) atoms. The van der Waals surface area contributed by atoms with E-state index >= 15 is 0 Å². The minimum atomic E-state index is -0.0189. The van der Waals surface area contributed by atoms with E-state index in [0.29, 0.717) is 29.6 Å². The summed E-state index contributed by atoms with van der Waals surface area (Å²) in [6.07, 6.45) is 3.39. The summed E-state index contributed by atoms with van der Waals surface area (Å²) in [5.74, 6) is 1.27. The highest BCUT2D eigenvalue weighted by molar-refractivity contribution is 5.94. The number of methoxy groups -OCH3 is 1. The third-order valence-electron chi connectivity index (χ3n) is 4.94. The number of carbonyl (C=O) groups is 1. The average molecular weight is 353 g/mol. The summed E-state index contributed by atoms with van der Waals surface area (Å²) in [5.41, 5.74) is 8.42. The molecule has 5 heteroatoms. The quantitative estimate of drug-likeness (QED) is 0.783. The van der Waals surface area contributed by atoms with E-state index in [1.54, 1.807) is 25.3 Å². The molecule has 0 atom stereocenters. The largest absolute Gasteiger partial charge is 0.494 e. The van der Waals surface area contributed by atoms with E-state index in [4.69, 9.17) is 10.5 Å². The van der Waals surface area contributed by atoms with Crippen molar-refractivity contribution in [3.05, 3.63) is 54.1 Å².